The number of hydrogen-bond acceptors (Lipinski definition) is 5. The molecule has 0 saturated carbocycles. The second-order valence-corrected chi connectivity index (χ2v) is 3.52. The van der Waals surface area contributed by atoms with Crippen LogP contribution in [0.5, 0.6) is 5.75 Å². The molecule has 17 heavy (non-hydrogen) atoms. The SMILES string of the molecule is O=C(O)c1cccc(Br)c1OBr.OB(O)O.[H-].[Li+]. The molecule has 0 atom stereocenters. The zero-order chi connectivity index (χ0) is 12.7. The van der Waals surface area contributed by atoms with Gasteiger partial charge in [0.05, 0.1) is 4.47 Å². The summed E-state index contributed by atoms with van der Waals surface area (Å²) in [6.45, 7) is 0. The van der Waals surface area contributed by atoms with Crippen LogP contribution < -0.4 is 22.7 Å². The summed E-state index contributed by atoms with van der Waals surface area (Å²) < 4.78 is 5.32. The number of hydrogen-bond donors (Lipinski definition) is 4. The average molecular weight is 366 g/mol. The van der Waals surface area contributed by atoms with E-state index in [0.717, 1.165) is 0 Å². The fourth-order valence-electron chi connectivity index (χ4n) is 0.756. The van der Waals surface area contributed by atoms with E-state index in [2.05, 4.69) is 32.2 Å². The molecule has 0 aromatic heterocycles. The van der Waals surface area contributed by atoms with Gasteiger partial charge in [-0.1, -0.05) is 6.07 Å². The fraction of sp³-hybridized carbons (Fsp3) is 0. The van der Waals surface area contributed by atoms with E-state index >= 15 is 0 Å². The van der Waals surface area contributed by atoms with E-state index in [1.165, 1.54) is 6.07 Å². The maximum atomic E-state index is 10.6. The van der Waals surface area contributed by atoms with Gasteiger partial charge in [-0.05, 0) is 28.1 Å². The smallest absolute Gasteiger partial charge is 1.00 e. The second-order valence-electron chi connectivity index (χ2n) is 2.35. The van der Waals surface area contributed by atoms with Gasteiger partial charge in [-0.15, -0.1) is 0 Å². The number of rotatable bonds is 2. The van der Waals surface area contributed by atoms with Gasteiger partial charge in [0.2, 0.25) is 0 Å². The molecule has 0 spiro atoms. The van der Waals surface area contributed by atoms with Crippen LogP contribution in [0.4, 0.5) is 0 Å². The first-order valence-electron chi connectivity index (χ1n) is 3.74. The molecular formula is C7H8BBr2LiO6. The number of para-hydroxylation sites is 1. The Bertz CT molecular complexity index is 367. The first-order valence-corrected chi connectivity index (χ1v) is 5.18. The minimum Gasteiger partial charge on any atom is -1.00 e. The third kappa shape index (κ3) is 7.83. The second kappa shape index (κ2) is 9.97. The van der Waals surface area contributed by atoms with Crippen LogP contribution in [0, 0.1) is 0 Å². The van der Waals surface area contributed by atoms with Crippen LogP contribution >= 0.6 is 32.2 Å². The largest absolute Gasteiger partial charge is 1.00 e. The number of carbonyl (C=O) groups is 1. The molecule has 0 aliphatic rings. The Balaban J connectivity index is -0.000000332. The Kier molecular flexibility index (Phi) is 11.3. The van der Waals surface area contributed by atoms with Gasteiger partial charge >= 0.3 is 32.2 Å². The van der Waals surface area contributed by atoms with Gasteiger partial charge in [0.15, 0.2) is 22.0 Å². The van der Waals surface area contributed by atoms with Crippen LogP contribution in [0.2, 0.25) is 0 Å². The molecule has 0 bridgehead atoms. The van der Waals surface area contributed by atoms with E-state index in [-0.39, 0.29) is 31.6 Å². The maximum Gasteiger partial charge on any atom is 1.00 e. The Hall–Kier alpha value is -0.00766. The van der Waals surface area contributed by atoms with E-state index in [9.17, 15) is 4.79 Å². The van der Waals surface area contributed by atoms with Crippen LogP contribution in [-0.4, -0.2) is 33.5 Å². The van der Waals surface area contributed by atoms with Gasteiger partial charge < -0.3 is 25.4 Å². The minimum absolute atomic E-state index is 0. The van der Waals surface area contributed by atoms with Crippen molar-refractivity contribution in [2.75, 3.05) is 0 Å². The van der Waals surface area contributed by atoms with Crippen molar-refractivity contribution in [1.82, 2.24) is 0 Å². The Labute approximate surface area is 128 Å². The van der Waals surface area contributed by atoms with Gasteiger partial charge in [0.25, 0.3) is 0 Å². The van der Waals surface area contributed by atoms with Gasteiger partial charge in [-0.2, -0.15) is 0 Å². The molecule has 4 N–H and O–H groups in total. The summed E-state index contributed by atoms with van der Waals surface area (Å²) in [5, 5.41) is 30.2. The molecule has 10 heteroatoms. The molecule has 1 aromatic carbocycles. The van der Waals surface area contributed by atoms with E-state index in [0.29, 0.717) is 4.47 Å². The number of aromatic carboxylic acids is 1. The first kappa shape index (κ1) is 19.3. The normalized spacial score (nSPS) is 8.29. The van der Waals surface area contributed by atoms with Crippen LogP contribution in [-0.2, 0) is 0 Å². The third-order valence-electron chi connectivity index (χ3n) is 1.27. The summed E-state index contributed by atoms with van der Waals surface area (Å²) in [4.78, 5) is 10.6. The molecule has 0 unspecified atom stereocenters. The molecule has 0 radical (unpaired) electrons. The van der Waals surface area contributed by atoms with Crippen LogP contribution in [0.3, 0.4) is 0 Å². The maximum absolute atomic E-state index is 10.6. The van der Waals surface area contributed by atoms with Crippen molar-refractivity contribution in [3.8, 4) is 5.75 Å². The van der Waals surface area contributed by atoms with Gasteiger partial charge in [0.1, 0.15) is 5.56 Å². The van der Waals surface area contributed by atoms with Crippen LogP contribution in [0.15, 0.2) is 22.7 Å². The van der Waals surface area contributed by atoms with Gasteiger partial charge in [-0.3, -0.25) is 0 Å². The van der Waals surface area contributed by atoms with Crippen molar-refractivity contribution in [1.29, 1.82) is 0 Å². The monoisotopic (exact) mass is 364 g/mol. The van der Waals surface area contributed by atoms with Crippen molar-refractivity contribution in [3.63, 3.8) is 0 Å². The van der Waals surface area contributed by atoms with E-state index in [4.69, 9.17) is 24.0 Å². The Morgan fingerprint density at radius 3 is 2.12 bits per heavy atom. The zero-order valence-corrected chi connectivity index (χ0v) is 11.8. The van der Waals surface area contributed by atoms with Crippen LogP contribution in [0.1, 0.15) is 11.8 Å². The summed E-state index contributed by atoms with van der Waals surface area (Å²) in [5.41, 5.74) is 0.112. The molecule has 0 amide bonds. The topological polar surface area (TPSA) is 107 Å². The average Bonchev–Trinajstić information content (AvgIpc) is 2.16. The van der Waals surface area contributed by atoms with E-state index in [1.54, 1.807) is 12.1 Å². The predicted octanol–water partition coefficient (Wildman–Crippen LogP) is -2.10. The number of halogens is 2. The first-order chi connectivity index (χ1) is 7.40. The number of carboxylic acids is 1. The van der Waals surface area contributed by atoms with E-state index in [1.807, 2.05) is 0 Å². The Morgan fingerprint density at radius 1 is 1.35 bits per heavy atom. The molecule has 0 aliphatic carbocycles. The summed E-state index contributed by atoms with van der Waals surface area (Å²) in [7, 11) is -2.17. The standard InChI is InChI=1S/C7H4Br2O3.BH3O3.Li.H/c8-5-3-1-2-4(7(10)11)6(5)12-9;2-1(3)4;;/h1-3H,(H,10,11);2-4H;;/q;;+1;-1. The van der Waals surface area contributed by atoms with Gasteiger partial charge in [0, 0.05) is 0 Å². The molecule has 0 aliphatic heterocycles. The van der Waals surface area contributed by atoms with Crippen molar-refractivity contribution in [3.05, 3.63) is 28.2 Å². The summed E-state index contributed by atoms with van der Waals surface area (Å²) in [5.74, 6) is -0.754. The Morgan fingerprint density at radius 2 is 1.82 bits per heavy atom. The molecule has 1 aromatic rings. The third-order valence-corrected chi connectivity index (χ3v) is 2.22. The van der Waals surface area contributed by atoms with Crippen molar-refractivity contribution >= 4 is 45.5 Å². The molecule has 6 nitrogen and oxygen atoms in total. The number of benzene rings is 1. The molecule has 90 valence electrons. The number of carboxylic acid groups (broad SMARTS) is 1. The van der Waals surface area contributed by atoms with Crippen molar-refractivity contribution < 1.29 is 49.1 Å². The van der Waals surface area contributed by atoms with Crippen LogP contribution in [0.25, 0.3) is 0 Å². The molecule has 0 heterocycles. The fourth-order valence-corrected chi connectivity index (χ4v) is 1.77. The minimum atomic E-state index is -2.17. The zero-order valence-electron chi connectivity index (χ0n) is 9.67. The summed E-state index contributed by atoms with van der Waals surface area (Å²) in [6, 6.07) is 4.79. The van der Waals surface area contributed by atoms with Crippen molar-refractivity contribution in [2.45, 2.75) is 0 Å². The summed E-state index contributed by atoms with van der Waals surface area (Å²) in [6.07, 6.45) is 0. The molecule has 0 fully saturated rings. The van der Waals surface area contributed by atoms with Crippen molar-refractivity contribution in [2.24, 2.45) is 0 Å². The molecule has 1 rings (SSSR count). The van der Waals surface area contributed by atoms with Gasteiger partial charge in [-0.25, -0.2) is 4.79 Å². The predicted molar refractivity (Wildman–Crippen MR) is 64.2 cm³/mol. The summed E-state index contributed by atoms with van der Waals surface area (Å²) >= 11 is 5.89. The molecular weight excluding hydrogens is 358 g/mol. The quantitative estimate of drug-likeness (QED) is 0.447. The van der Waals surface area contributed by atoms with E-state index < -0.39 is 13.3 Å². The molecule has 0 saturated heterocycles.